The molecule has 0 aliphatic rings. The molecule has 2 aromatic rings. The molecule has 0 spiro atoms. The summed E-state index contributed by atoms with van der Waals surface area (Å²) in [4.78, 5) is 15.9. The van der Waals surface area contributed by atoms with Crippen molar-refractivity contribution in [3.05, 3.63) is 38.3 Å². The topological polar surface area (TPSA) is 34.9 Å². The number of benzene rings is 1. The monoisotopic (exact) mass is 275 g/mol. The third kappa shape index (κ3) is 1.35. The lowest BCUT2D eigenvalue weighted by atomic mass is 10.2. The van der Waals surface area contributed by atoms with Crippen LogP contribution in [0.1, 0.15) is 4.11 Å². The van der Waals surface area contributed by atoms with Crippen LogP contribution in [0.4, 0.5) is 0 Å². The highest BCUT2D eigenvalue weighted by Gasteiger charge is 2.08. The van der Waals surface area contributed by atoms with Crippen molar-refractivity contribution in [2.75, 3.05) is 0 Å². The lowest BCUT2D eigenvalue weighted by Crippen LogP contribution is -2.17. The molecule has 0 radical (unpaired) electrons. The Hall–Kier alpha value is -0.870. The predicted octanol–water partition coefficient (Wildman–Crippen LogP) is 2.35. The minimum atomic E-state index is -2.57. The first kappa shape index (κ1) is 6.58. The van der Waals surface area contributed by atoms with E-state index < -0.39 is 12.5 Å². The van der Waals surface area contributed by atoms with Gasteiger partial charge < -0.3 is 4.57 Å². The second kappa shape index (κ2) is 3.37. The minimum Gasteiger partial charge on any atom is -0.302 e. The van der Waals surface area contributed by atoms with E-state index in [0.29, 0.717) is 14.6 Å². The molecule has 72 valence electrons. The summed E-state index contributed by atoms with van der Waals surface area (Å²) in [5, 5.41) is 0.262. The number of aromatic nitrogens is 2. The fraction of sp³-hybridized carbons (Fsp3) is 0.111. The Balaban J connectivity index is 2.93. The van der Waals surface area contributed by atoms with E-state index in [1.165, 1.54) is 0 Å². The fourth-order valence-corrected chi connectivity index (χ4v) is 1.72. The zero-order valence-electron chi connectivity index (χ0n) is 9.79. The molecular weight excluding hydrogens is 267 g/mol. The lowest BCUT2D eigenvalue weighted by Gasteiger charge is -2.03. The molecule has 14 heavy (non-hydrogen) atoms. The van der Waals surface area contributed by atoms with Crippen LogP contribution in [0.5, 0.6) is 0 Å². The van der Waals surface area contributed by atoms with Crippen LogP contribution in [0.25, 0.3) is 10.9 Å². The largest absolute Gasteiger partial charge is 0.302 e. The van der Waals surface area contributed by atoms with Crippen LogP contribution < -0.4 is 5.56 Å². The SMILES string of the molecule is [2H]C([2H])([2H])n1cnc2ccc(Br)c(Cl)c2c1=O. The molecule has 0 bridgehead atoms. The summed E-state index contributed by atoms with van der Waals surface area (Å²) in [6, 6.07) is 3.24. The van der Waals surface area contributed by atoms with Gasteiger partial charge in [-0.25, -0.2) is 4.98 Å². The summed E-state index contributed by atoms with van der Waals surface area (Å²) < 4.78 is 22.8. The Morgan fingerprint density at radius 2 is 2.43 bits per heavy atom. The van der Waals surface area contributed by atoms with E-state index in [2.05, 4.69) is 20.9 Å². The smallest absolute Gasteiger partial charge is 0.262 e. The van der Waals surface area contributed by atoms with Crippen LogP contribution >= 0.6 is 27.5 Å². The van der Waals surface area contributed by atoms with Gasteiger partial charge in [-0.05, 0) is 28.1 Å². The number of hydrogen-bond donors (Lipinski definition) is 0. The van der Waals surface area contributed by atoms with E-state index in [1.54, 1.807) is 12.1 Å². The normalized spacial score (nSPS) is 14.9. The molecule has 0 fully saturated rings. The van der Waals surface area contributed by atoms with Gasteiger partial charge in [-0.1, -0.05) is 11.6 Å². The van der Waals surface area contributed by atoms with E-state index >= 15 is 0 Å². The van der Waals surface area contributed by atoms with Gasteiger partial charge >= 0.3 is 0 Å². The molecule has 1 aromatic heterocycles. The van der Waals surface area contributed by atoms with Gasteiger partial charge in [-0.15, -0.1) is 0 Å². The molecule has 0 saturated heterocycles. The number of hydrogen-bond acceptors (Lipinski definition) is 2. The highest BCUT2D eigenvalue weighted by Crippen LogP contribution is 2.27. The number of rotatable bonds is 0. The first-order valence-corrected chi connectivity index (χ1v) is 4.85. The summed E-state index contributed by atoms with van der Waals surface area (Å²) in [7, 11) is 0. The van der Waals surface area contributed by atoms with Crippen LogP contribution in [0.3, 0.4) is 0 Å². The first-order chi connectivity index (χ1) is 7.82. The molecule has 0 amide bonds. The maximum Gasteiger partial charge on any atom is 0.262 e. The third-order valence-electron chi connectivity index (χ3n) is 1.82. The molecule has 0 atom stereocenters. The van der Waals surface area contributed by atoms with Gasteiger partial charge in [0, 0.05) is 15.6 Å². The number of nitrogens with zero attached hydrogens (tertiary/aromatic N) is 2. The number of aryl methyl sites for hydroxylation is 1. The molecule has 1 aromatic carbocycles. The van der Waals surface area contributed by atoms with Crippen LogP contribution in [-0.4, -0.2) is 9.55 Å². The highest BCUT2D eigenvalue weighted by atomic mass is 79.9. The third-order valence-corrected chi connectivity index (χ3v) is 3.10. The number of fused-ring (bicyclic) bond motifs is 1. The summed E-state index contributed by atoms with van der Waals surface area (Å²) in [6.45, 7) is -2.57. The van der Waals surface area contributed by atoms with Crippen molar-refractivity contribution in [1.29, 1.82) is 0 Å². The molecule has 5 heteroatoms. The van der Waals surface area contributed by atoms with Gasteiger partial charge in [0.25, 0.3) is 5.56 Å². The second-order valence-corrected chi connectivity index (χ2v) is 3.91. The average Bonchev–Trinajstić information content (AvgIpc) is 2.22. The molecule has 0 aliphatic heterocycles. The van der Waals surface area contributed by atoms with Crippen molar-refractivity contribution >= 4 is 38.4 Å². The molecular formula is C9H6BrClN2O. The second-order valence-electron chi connectivity index (χ2n) is 2.68. The van der Waals surface area contributed by atoms with Crippen molar-refractivity contribution in [3.8, 4) is 0 Å². The summed E-state index contributed by atoms with van der Waals surface area (Å²) in [6.07, 6.45) is 1.00. The van der Waals surface area contributed by atoms with Crippen LogP contribution in [-0.2, 0) is 6.98 Å². The molecule has 0 N–H and O–H groups in total. The van der Waals surface area contributed by atoms with Gasteiger partial charge in [0.05, 0.1) is 22.3 Å². The summed E-state index contributed by atoms with van der Waals surface area (Å²) in [5.74, 6) is 0. The predicted molar refractivity (Wildman–Crippen MR) is 59.7 cm³/mol. The Morgan fingerprint density at radius 3 is 3.14 bits per heavy atom. The molecule has 0 aliphatic carbocycles. The number of halogens is 2. The lowest BCUT2D eigenvalue weighted by molar-refractivity contribution is 0.843. The van der Waals surface area contributed by atoms with Crippen LogP contribution in [0.2, 0.25) is 5.02 Å². The Kier molecular flexibility index (Phi) is 1.58. The Labute approximate surface area is 97.7 Å². The molecule has 1 heterocycles. The molecule has 0 unspecified atom stereocenters. The molecule has 3 nitrogen and oxygen atoms in total. The molecule has 0 saturated carbocycles. The Morgan fingerprint density at radius 1 is 1.64 bits per heavy atom. The van der Waals surface area contributed by atoms with Gasteiger partial charge in [0.1, 0.15) is 0 Å². The summed E-state index contributed by atoms with van der Waals surface area (Å²) in [5.41, 5.74) is -0.315. The van der Waals surface area contributed by atoms with Crippen molar-refractivity contribution < 1.29 is 4.11 Å². The van der Waals surface area contributed by atoms with Gasteiger partial charge in [-0.3, -0.25) is 4.79 Å². The highest BCUT2D eigenvalue weighted by molar-refractivity contribution is 9.10. The zero-order chi connectivity index (χ0) is 12.8. The zero-order valence-corrected chi connectivity index (χ0v) is 9.13. The standard InChI is InChI=1S/C9H6BrClN2O/c1-13-4-12-6-3-2-5(10)8(11)7(6)9(13)14/h2-4H,1H3/i1D3. The van der Waals surface area contributed by atoms with Gasteiger partial charge in [0.15, 0.2) is 0 Å². The van der Waals surface area contributed by atoms with Crippen LogP contribution in [0, 0.1) is 0 Å². The van der Waals surface area contributed by atoms with Crippen molar-refractivity contribution in [3.63, 3.8) is 0 Å². The van der Waals surface area contributed by atoms with E-state index in [4.69, 9.17) is 15.7 Å². The average molecular weight is 277 g/mol. The van der Waals surface area contributed by atoms with Crippen molar-refractivity contribution in [1.82, 2.24) is 9.55 Å². The van der Waals surface area contributed by atoms with E-state index in [-0.39, 0.29) is 10.4 Å². The van der Waals surface area contributed by atoms with Crippen molar-refractivity contribution in [2.45, 2.75) is 0 Å². The Bertz CT molecular complexity index is 653. The van der Waals surface area contributed by atoms with Crippen molar-refractivity contribution in [2.24, 2.45) is 6.98 Å². The first-order valence-electron chi connectivity index (χ1n) is 5.18. The minimum absolute atomic E-state index is 0.0969. The maximum atomic E-state index is 12.0. The van der Waals surface area contributed by atoms with E-state index in [0.717, 1.165) is 6.33 Å². The summed E-state index contributed by atoms with van der Waals surface area (Å²) >= 11 is 9.15. The quantitative estimate of drug-likeness (QED) is 0.740. The molecule has 2 rings (SSSR count). The van der Waals surface area contributed by atoms with Gasteiger partial charge in [-0.2, -0.15) is 0 Å². The van der Waals surface area contributed by atoms with Gasteiger partial charge in [0.2, 0.25) is 0 Å². The van der Waals surface area contributed by atoms with E-state index in [9.17, 15) is 4.79 Å². The van der Waals surface area contributed by atoms with E-state index in [1.807, 2.05) is 0 Å². The fourth-order valence-electron chi connectivity index (χ4n) is 1.14. The maximum absolute atomic E-state index is 12.0. The van der Waals surface area contributed by atoms with Crippen LogP contribution in [0.15, 0.2) is 27.7 Å².